The number of rotatable bonds is 8. The van der Waals surface area contributed by atoms with Crippen molar-refractivity contribution in [1.29, 1.82) is 0 Å². The summed E-state index contributed by atoms with van der Waals surface area (Å²) >= 11 is 0. The van der Waals surface area contributed by atoms with Crippen LogP contribution in [-0.4, -0.2) is 29.3 Å². The van der Waals surface area contributed by atoms with Gasteiger partial charge in [0.15, 0.2) is 0 Å². The van der Waals surface area contributed by atoms with Crippen molar-refractivity contribution in [1.82, 2.24) is 0 Å². The predicted molar refractivity (Wildman–Crippen MR) is 85.4 cm³/mol. The number of halogens is 1. The molecule has 2 aromatic rings. The fraction of sp³-hybridized carbons (Fsp3) is 0.294. The first kappa shape index (κ1) is 17.8. The van der Waals surface area contributed by atoms with Crippen molar-refractivity contribution in [2.75, 3.05) is 13.2 Å². The third-order valence-electron chi connectivity index (χ3n) is 3.33. The Morgan fingerprint density at radius 3 is 2.67 bits per heavy atom. The van der Waals surface area contributed by atoms with E-state index < -0.39 is 11.0 Å². The van der Waals surface area contributed by atoms with Gasteiger partial charge in [-0.3, -0.25) is 10.1 Å². The van der Waals surface area contributed by atoms with Gasteiger partial charge < -0.3 is 14.6 Å². The van der Waals surface area contributed by atoms with Crippen molar-refractivity contribution in [3.8, 4) is 5.75 Å². The van der Waals surface area contributed by atoms with E-state index >= 15 is 0 Å². The monoisotopic (exact) mass is 335 g/mol. The molecule has 1 N–H and O–H groups in total. The highest BCUT2D eigenvalue weighted by Gasteiger charge is 2.12. The molecular weight excluding hydrogens is 317 g/mol. The summed E-state index contributed by atoms with van der Waals surface area (Å²) in [6, 6.07) is 10.6. The minimum atomic E-state index is -0.896. The number of ether oxygens (including phenoxy) is 2. The quantitative estimate of drug-likeness (QED) is 0.592. The molecular formula is C17H18FNO5. The maximum absolute atomic E-state index is 13.4. The predicted octanol–water partition coefficient (Wildman–Crippen LogP) is 3.00. The zero-order valence-electron chi connectivity index (χ0n) is 13.1. The first-order valence-corrected chi connectivity index (χ1v) is 7.34. The summed E-state index contributed by atoms with van der Waals surface area (Å²) in [5, 5.41) is 20.6. The Hall–Kier alpha value is -2.51. The van der Waals surface area contributed by atoms with Gasteiger partial charge in [0.05, 0.1) is 18.1 Å². The molecule has 0 aliphatic carbocycles. The molecule has 1 atom stereocenters. The van der Waals surface area contributed by atoms with E-state index in [4.69, 9.17) is 9.47 Å². The van der Waals surface area contributed by atoms with Crippen LogP contribution in [0.2, 0.25) is 0 Å². The van der Waals surface area contributed by atoms with E-state index in [1.165, 1.54) is 24.3 Å². The van der Waals surface area contributed by atoms with Crippen LogP contribution in [0.1, 0.15) is 11.1 Å². The molecule has 0 aliphatic rings. The van der Waals surface area contributed by atoms with Gasteiger partial charge in [0.1, 0.15) is 24.3 Å². The summed E-state index contributed by atoms with van der Waals surface area (Å²) in [6.07, 6.45) is -0.896. The minimum absolute atomic E-state index is 0.0103. The van der Waals surface area contributed by atoms with E-state index in [9.17, 15) is 19.6 Å². The molecule has 0 amide bonds. The van der Waals surface area contributed by atoms with Crippen LogP contribution in [0.3, 0.4) is 0 Å². The highest BCUT2D eigenvalue weighted by molar-refractivity contribution is 5.44. The molecule has 0 radical (unpaired) electrons. The van der Waals surface area contributed by atoms with E-state index in [0.29, 0.717) is 16.9 Å². The van der Waals surface area contributed by atoms with Crippen LogP contribution in [0.15, 0.2) is 42.5 Å². The lowest BCUT2D eigenvalue weighted by molar-refractivity contribution is -0.385. The van der Waals surface area contributed by atoms with Gasteiger partial charge in [-0.1, -0.05) is 18.2 Å². The fourth-order valence-electron chi connectivity index (χ4n) is 2.08. The first-order valence-electron chi connectivity index (χ1n) is 7.34. The smallest absolute Gasteiger partial charge is 0.272 e. The van der Waals surface area contributed by atoms with Crippen molar-refractivity contribution in [2.45, 2.75) is 19.6 Å². The van der Waals surface area contributed by atoms with E-state index in [1.54, 1.807) is 25.1 Å². The van der Waals surface area contributed by atoms with Crippen LogP contribution in [0.25, 0.3) is 0 Å². The maximum Gasteiger partial charge on any atom is 0.272 e. The number of hydrogen-bond acceptors (Lipinski definition) is 5. The number of hydrogen-bond donors (Lipinski definition) is 1. The highest BCUT2D eigenvalue weighted by atomic mass is 19.1. The Morgan fingerprint density at radius 2 is 2.00 bits per heavy atom. The van der Waals surface area contributed by atoms with Crippen molar-refractivity contribution in [3.05, 3.63) is 69.5 Å². The molecule has 2 rings (SSSR count). The molecule has 0 saturated carbocycles. The number of aliphatic hydroxyl groups is 1. The molecule has 7 heteroatoms. The van der Waals surface area contributed by atoms with Gasteiger partial charge in [0.2, 0.25) is 0 Å². The molecule has 0 heterocycles. The summed E-state index contributed by atoms with van der Waals surface area (Å²) in [5.74, 6) is 0.0656. The molecule has 0 fully saturated rings. The Balaban J connectivity index is 1.77. The zero-order chi connectivity index (χ0) is 17.5. The first-order chi connectivity index (χ1) is 11.5. The molecule has 0 spiro atoms. The molecule has 0 saturated heterocycles. The topological polar surface area (TPSA) is 81.8 Å². The third kappa shape index (κ3) is 5.00. The lowest BCUT2D eigenvalue weighted by atomic mass is 10.2. The Labute approximate surface area is 138 Å². The van der Waals surface area contributed by atoms with Crippen LogP contribution in [0.5, 0.6) is 5.75 Å². The average molecular weight is 335 g/mol. The van der Waals surface area contributed by atoms with Crippen LogP contribution in [0.4, 0.5) is 10.1 Å². The molecule has 0 aliphatic heterocycles. The van der Waals surface area contributed by atoms with Crippen molar-refractivity contribution in [2.24, 2.45) is 0 Å². The second-order valence-corrected chi connectivity index (χ2v) is 5.28. The molecule has 0 aromatic heterocycles. The molecule has 0 bridgehead atoms. The largest absolute Gasteiger partial charge is 0.491 e. The van der Waals surface area contributed by atoms with E-state index in [-0.39, 0.29) is 31.3 Å². The van der Waals surface area contributed by atoms with E-state index in [1.807, 2.05) is 0 Å². The van der Waals surface area contributed by atoms with Crippen LogP contribution in [0, 0.1) is 22.9 Å². The second-order valence-electron chi connectivity index (χ2n) is 5.28. The summed E-state index contributed by atoms with van der Waals surface area (Å²) in [5.41, 5.74) is 0.899. The van der Waals surface area contributed by atoms with Gasteiger partial charge in [0.25, 0.3) is 5.69 Å². The number of nitro groups is 1. The highest BCUT2D eigenvalue weighted by Crippen LogP contribution is 2.23. The lowest BCUT2D eigenvalue weighted by Crippen LogP contribution is -2.23. The number of nitrogens with zero attached hydrogens (tertiary/aromatic N) is 1. The Kier molecular flexibility index (Phi) is 6.22. The van der Waals surface area contributed by atoms with Crippen molar-refractivity contribution >= 4 is 5.69 Å². The van der Waals surface area contributed by atoms with Crippen LogP contribution < -0.4 is 4.74 Å². The fourth-order valence-corrected chi connectivity index (χ4v) is 2.08. The molecule has 6 nitrogen and oxygen atoms in total. The number of aliphatic hydroxyl groups excluding tert-OH is 1. The molecule has 24 heavy (non-hydrogen) atoms. The summed E-state index contributed by atoms with van der Waals surface area (Å²) in [6.45, 7) is 1.62. The van der Waals surface area contributed by atoms with Crippen LogP contribution in [-0.2, 0) is 11.3 Å². The summed E-state index contributed by atoms with van der Waals surface area (Å²) < 4.78 is 24.0. The Morgan fingerprint density at radius 1 is 1.25 bits per heavy atom. The van der Waals surface area contributed by atoms with Gasteiger partial charge in [-0.25, -0.2) is 4.39 Å². The zero-order valence-corrected chi connectivity index (χ0v) is 13.1. The molecule has 1 unspecified atom stereocenters. The second kappa shape index (κ2) is 8.37. The maximum atomic E-state index is 13.4. The van der Waals surface area contributed by atoms with Gasteiger partial charge >= 0.3 is 0 Å². The SMILES string of the molecule is Cc1cc(OCC(O)COCc2ccccc2F)ccc1[N+](=O)[O-]. The van der Waals surface area contributed by atoms with Gasteiger partial charge in [0, 0.05) is 17.2 Å². The van der Waals surface area contributed by atoms with Gasteiger partial charge in [-0.05, 0) is 25.1 Å². The average Bonchev–Trinajstić information content (AvgIpc) is 2.54. The minimum Gasteiger partial charge on any atom is -0.491 e. The number of aryl methyl sites for hydroxylation is 1. The standard InChI is InChI=1S/C17H18FNO5/c1-12-8-15(6-7-17(12)19(21)22)24-11-14(20)10-23-9-13-4-2-3-5-16(13)18/h2-8,14,20H,9-11H2,1H3. The number of nitro benzene ring substituents is 1. The molecule has 2 aromatic carbocycles. The van der Waals surface area contributed by atoms with E-state index in [2.05, 4.69) is 0 Å². The Bertz CT molecular complexity index is 707. The van der Waals surface area contributed by atoms with E-state index in [0.717, 1.165) is 0 Å². The normalized spacial score (nSPS) is 12.0. The lowest BCUT2D eigenvalue weighted by Gasteiger charge is -2.13. The summed E-state index contributed by atoms with van der Waals surface area (Å²) in [4.78, 5) is 10.3. The summed E-state index contributed by atoms with van der Waals surface area (Å²) in [7, 11) is 0. The number of benzene rings is 2. The van der Waals surface area contributed by atoms with Crippen LogP contribution >= 0.6 is 0 Å². The van der Waals surface area contributed by atoms with Gasteiger partial charge in [-0.2, -0.15) is 0 Å². The molecule has 128 valence electrons. The van der Waals surface area contributed by atoms with Crippen molar-refractivity contribution in [3.63, 3.8) is 0 Å². The van der Waals surface area contributed by atoms with Gasteiger partial charge in [-0.15, -0.1) is 0 Å². The van der Waals surface area contributed by atoms with Crippen molar-refractivity contribution < 1.29 is 23.9 Å². The third-order valence-corrected chi connectivity index (χ3v) is 3.33.